The predicted molar refractivity (Wildman–Crippen MR) is 142 cm³/mol. The number of benzene rings is 1. The van der Waals surface area contributed by atoms with Gasteiger partial charge in [-0.2, -0.15) is 10.1 Å². The van der Waals surface area contributed by atoms with Crippen molar-refractivity contribution in [2.45, 2.75) is 64.0 Å². The molecule has 0 aliphatic carbocycles. The smallest absolute Gasteiger partial charge is 0.410 e. The average molecular weight is 533 g/mol. The van der Waals surface area contributed by atoms with Crippen LogP contribution in [0.3, 0.4) is 0 Å². The summed E-state index contributed by atoms with van der Waals surface area (Å²) in [6.45, 7) is 6.98. The molecule has 0 N–H and O–H groups in total. The third-order valence-corrected chi connectivity index (χ3v) is 7.14. The van der Waals surface area contributed by atoms with Crippen molar-refractivity contribution < 1.29 is 28.5 Å². The number of fused-ring (bicyclic) bond motifs is 5. The lowest BCUT2D eigenvalue weighted by Crippen LogP contribution is -2.61. The molecule has 0 spiro atoms. The van der Waals surface area contributed by atoms with Gasteiger partial charge >= 0.3 is 6.09 Å². The van der Waals surface area contributed by atoms with Gasteiger partial charge in [0.1, 0.15) is 18.3 Å². The quantitative estimate of drug-likeness (QED) is 0.475. The first kappa shape index (κ1) is 25.4. The van der Waals surface area contributed by atoms with E-state index in [2.05, 4.69) is 22.3 Å². The van der Waals surface area contributed by atoms with Crippen LogP contribution >= 0.6 is 0 Å². The Hall–Kier alpha value is -3.92. The third kappa shape index (κ3) is 5.21. The van der Waals surface area contributed by atoms with Crippen molar-refractivity contribution in [3.05, 3.63) is 48.2 Å². The van der Waals surface area contributed by atoms with E-state index in [1.165, 1.54) is 0 Å². The molecule has 0 saturated carbocycles. The van der Waals surface area contributed by atoms with Crippen LogP contribution in [0, 0.1) is 0 Å². The highest BCUT2D eigenvalue weighted by Gasteiger charge is 2.44. The first-order chi connectivity index (χ1) is 18.8. The molecule has 10 heteroatoms. The molecule has 2 unspecified atom stereocenters. The molecule has 1 amide bonds. The largest absolute Gasteiger partial charge is 0.480 e. The van der Waals surface area contributed by atoms with E-state index in [1.54, 1.807) is 13.3 Å². The van der Waals surface area contributed by atoms with Crippen LogP contribution < -0.4 is 14.2 Å². The van der Waals surface area contributed by atoms with Crippen molar-refractivity contribution in [1.82, 2.24) is 20.1 Å². The number of carbonyl (C=O) groups is 1. The van der Waals surface area contributed by atoms with Gasteiger partial charge in [0.05, 0.1) is 38.6 Å². The van der Waals surface area contributed by atoms with Gasteiger partial charge in [0.15, 0.2) is 0 Å². The predicted octanol–water partition coefficient (Wildman–Crippen LogP) is 4.65. The fourth-order valence-corrected chi connectivity index (χ4v) is 5.46. The fourth-order valence-electron chi connectivity index (χ4n) is 5.46. The second kappa shape index (κ2) is 10.00. The molecule has 3 aromatic rings. The van der Waals surface area contributed by atoms with Crippen LogP contribution in [0.4, 0.5) is 4.79 Å². The summed E-state index contributed by atoms with van der Waals surface area (Å²) < 4.78 is 29.0. The minimum Gasteiger partial charge on any atom is -0.480 e. The number of carbonyl (C=O) groups excluding carboxylic acids is 1. The maximum absolute atomic E-state index is 12.9. The summed E-state index contributed by atoms with van der Waals surface area (Å²) in [5.41, 5.74) is 4.44. The van der Waals surface area contributed by atoms with Crippen LogP contribution in [0.15, 0.2) is 42.6 Å². The molecule has 204 valence electrons. The van der Waals surface area contributed by atoms with E-state index in [-0.39, 0.29) is 24.3 Å². The SMILES string of the molecule is COc1cc(-c2ccc3c(c2)COc2nc(OC4CC5COC[C@H](C4)N5C(=O)OC(C)(C)C)ccc2-3)cnn1. The van der Waals surface area contributed by atoms with Crippen molar-refractivity contribution >= 4 is 6.09 Å². The molecule has 2 saturated heterocycles. The maximum Gasteiger partial charge on any atom is 0.410 e. The van der Waals surface area contributed by atoms with Crippen molar-refractivity contribution in [3.8, 4) is 39.9 Å². The van der Waals surface area contributed by atoms with E-state index in [0.29, 0.717) is 50.3 Å². The fraction of sp³-hybridized carbons (Fsp3) is 0.448. The molecule has 3 aliphatic heterocycles. The van der Waals surface area contributed by atoms with Crippen LogP contribution in [-0.2, 0) is 16.1 Å². The first-order valence-electron chi connectivity index (χ1n) is 13.2. The third-order valence-electron chi connectivity index (χ3n) is 7.14. The molecular weight excluding hydrogens is 500 g/mol. The lowest BCUT2D eigenvalue weighted by Gasteiger charge is -2.47. The number of hydrogen-bond acceptors (Lipinski definition) is 9. The highest BCUT2D eigenvalue weighted by Crippen LogP contribution is 2.40. The van der Waals surface area contributed by atoms with Crippen molar-refractivity contribution in [3.63, 3.8) is 0 Å². The summed E-state index contributed by atoms with van der Waals surface area (Å²) in [4.78, 5) is 19.4. The van der Waals surface area contributed by atoms with Crippen LogP contribution in [0.25, 0.3) is 22.3 Å². The minimum absolute atomic E-state index is 0.0856. The van der Waals surface area contributed by atoms with Gasteiger partial charge in [-0.05, 0) is 49.6 Å². The first-order valence-corrected chi connectivity index (χ1v) is 13.2. The molecule has 10 nitrogen and oxygen atoms in total. The standard InChI is InChI=1S/C29H32N4O6/c1-29(2,3)39-28(34)33-20-11-22(12-21(33)16-36-15-20)38-25-8-7-24-23-6-5-17(9-19(23)14-37-27(24)31-25)18-10-26(35-4)32-30-13-18/h5-10,13,20-22H,11-12,14-16H2,1-4H3/t20-,21?,22?/m0/s1. The van der Waals surface area contributed by atoms with Crippen LogP contribution in [-0.4, -0.2) is 70.3 Å². The average Bonchev–Trinajstić information content (AvgIpc) is 2.91. The lowest BCUT2D eigenvalue weighted by atomic mass is 9.92. The Balaban J connectivity index is 1.17. The number of hydrogen-bond donors (Lipinski definition) is 0. The van der Waals surface area contributed by atoms with E-state index in [4.69, 9.17) is 28.7 Å². The second-order valence-corrected chi connectivity index (χ2v) is 11.1. The Bertz CT molecular complexity index is 1380. The number of ether oxygens (including phenoxy) is 5. The number of methoxy groups -OCH3 is 1. The normalized spacial score (nSPS) is 21.7. The topological polar surface area (TPSA) is 105 Å². The molecule has 2 aromatic heterocycles. The van der Waals surface area contributed by atoms with Gasteiger partial charge in [-0.3, -0.25) is 4.90 Å². The molecular formula is C29H32N4O6. The summed E-state index contributed by atoms with van der Waals surface area (Å²) >= 11 is 0. The molecule has 3 aliphatic rings. The minimum atomic E-state index is -0.545. The monoisotopic (exact) mass is 532 g/mol. The van der Waals surface area contributed by atoms with E-state index in [9.17, 15) is 4.79 Å². The number of amides is 1. The Morgan fingerprint density at radius 1 is 1.00 bits per heavy atom. The van der Waals surface area contributed by atoms with Gasteiger partial charge < -0.3 is 23.7 Å². The van der Waals surface area contributed by atoms with Gasteiger partial charge in [0.2, 0.25) is 17.6 Å². The summed E-state index contributed by atoms with van der Waals surface area (Å²) in [6.07, 6.45) is 2.63. The lowest BCUT2D eigenvalue weighted by molar-refractivity contribution is -0.0998. The number of pyridine rings is 1. The zero-order valence-corrected chi connectivity index (χ0v) is 22.5. The molecule has 2 bridgehead atoms. The highest BCUT2D eigenvalue weighted by atomic mass is 16.6. The highest BCUT2D eigenvalue weighted by molar-refractivity contribution is 5.77. The van der Waals surface area contributed by atoms with Crippen LogP contribution in [0.1, 0.15) is 39.2 Å². The number of nitrogens with zero attached hydrogens (tertiary/aromatic N) is 4. The Kier molecular flexibility index (Phi) is 6.50. The summed E-state index contributed by atoms with van der Waals surface area (Å²) in [5.74, 6) is 1.53. The molecule has 1 aromatic carbocycles. The molecule has 3 atom stereocenters. The Labute approximate surface area is 227 Å². The molecule has 6 rings (SSSR count). The van der Waals surface area contributed by atoms with Gasteiger partial charge in [0, 0.05) is 36.1 Å². The van der Waals surface area contributed by atoms with Crippen molar-refractivity contribution in [2.24, 2.45) is 0 Å². The van der Waals surface area contributed by atoms with E-state index >= 15 is 0 Å². The number of morpholine rings is 1. The molecule has 39 heavy (non-hydrogen) atoms. The zero-order valence-electron chi connectivity index (χ0n) is 22.5. The second-order valence-electron chi connectivity index (χ2n) is 11.1. The van der Waals surface area contributed by atoms with Gasteiger partial charge in [-0.25, -0.2) is 4.79 Å². The van der Waals surface area contributed by atoms with Gasteiger partial charge in [0.25, 0.3) is 0 Å². The van der Waals surface area contributed by atoms with E-state index in [0.717, 1.165) is 27.8 Å². The van der Waals surface area contributed by atoms with E-state index in [1.807, 2.05) is 49.9 Å². The number of piperidine rings is 1. The summed E-state index contributed by atoms with van der Waals surface area (Å²) in [6, 6.07) is 11.8. The van der Waals surface area contributed by atoms with Crippen LogP contribution in [0.5, 0.6) is 17.6 Å². The maximum atomic E-state index is 12.9. The molecule has 0 radical (unpaired) electrons. The number of aromatic nitrogens is 3. The van der Waals surface area contributed by atoms with E-state index < -0.39 is 5.60 Å². The number of rotatable bonds is 4. The molecule has 2 fully saturated rings. The zero-order chi connectivity index (χ0) is 27.1. The summed E-state index contributed by atoms with van der Waals surface area (Å²) in [5, 5.41) is 7.96. The Morgan fingerprint density at radius 2 is 1.77 bits per heavy atom. The summed E-state index contributed by atoms with van der Waals surface area (Å²) in [7, 11) is 1.57. The van der Waals surface area contributed by atoms with Crippen molar-refractivity contribution in [2.75, 3.05) is 20.3 Å². The van der Waals surface area contributed by atoms with Crippen molar-refractivity contribution in [1.29, 1.82) is 0 Å². The van der Waals surface area contributed by atoms with Crippen LogP contribution in [0.2, 0.25) is 0 Å². The van der Waals surface area contributed by atoms with Gasteiger partial charge in [-0.1, -0.05) is 12.1 Å². The Morgan fingerprint density at radius 3 is 2.51 bits per heavy atom. The van der Waals surface area contributed by atoms with Gasteiger partial charge in [-0.15, -0.1) is 5.10 Å². The molecule has 5 heterocycles.